The molecule has 0 saturated heterocycles. The Balaban J connectivity index is 1.82. The average Bonchev–Trinajstić information content (AvgIpc) is 3.05. The number of carboxylic acid groups (broad SMARTS) is 1. The molecule has 0 aliphatic rings. The number of hydrogen-bond donors (Lipinski definition) is 2. The van der Waals surface area contributed by atoms with E-state index in [1.807, 2.05) is 19.2 Å². The molecule has 1 atom stereocenters. The van der Waals surface area contributed by atoms with E-state index in [4.69, 9.17) is 5.11 Å². The highest BCUT2D eigenvalue weighted by molar-refractivity contribution is 7.13. The van der Waals surface area contributed by atoms with Gasteiger partial charge in [0.1, 0.15) is 9.88 Å². The monoisotopic (exact) mass is 353 g/mol. The molecule has 6 nitrogen and oxygen atoms in total. The molecule has 124 valence electrons. The Morgan fingerprint density at radius 2 is 2.09 bits per heavy atom. The van der Waals surface area contributed by atoms with Gasteiger partial charge in [-0.05, 0) is 33.6 Å². The number of thiazole rings is 2. The lowest BCUT2D eigenvalue weighted by atomic mass is 10.2. The van der Waals surface area contributed by atoms with Crippen LogP contribution in [0.15, 0.2) is 5.38 Å². The van der Waals surface area contributed by atoms with Crippen LogP contribution in [0.25, 0.3) is 0 Å². The fraction of sp³-hybridized carbons (Fsp3) is 0.467. The van der Waals surface area contributed by atoms with Gasteiger partial charge in [-0.1, -0.05) is 0 Å². The van der Waals surface area contributed by atoms with Crippen molar-refractivity contribution in [2.75, 3.05) is 0 Å². The number of aryl methyl sites for hydroxylation is 3. The summed E-state index contributed by atoms with van der Waals surface area (Å²) in [6.45, 7) is 5.43. The zero-order valence-electron chi connectivity index (χ0n) is 13.3. The molecule has 1 amide bonds. The van der Waals surface area contributed by atoms with Gasteiger partial charge >= 0.3 is 5.97 Å². The Morgan fingerprint density at radius 3 is 2.65 bits per heavy atom. The van der Waals surface area contributed by atoms with Crippen LogP contribution < -0.4 is 5.32 Å². The molecule has 0 radical (unpaired) electrons. The lowest BCUT2D eigenvalue weighted by Gasteiger charge is -2.10. The number of rotatable bonds is 7. The van der Waals surface area contributed by atoms with E-state index in [1.165, 1.54) is 0 Å². The summed E-state index contributed by atoms with van der Waals surface area (Å²) in [5, 5.41) is 15.6. The Bertz CT molecular complexity index is 709. The van der Waals surface area contributed by atoms with E-state index < -0.39 is 5.97 Å². The second kappa shape index (κ2) is 7.65. The third kappa shape index (κ3) is 4.84. The normalized spacial score (nSPS) is 12.1. The van der Waals surface area contributed by atoms with E-state index >= 15 is 0 Å². The van der Waals surface area contributed by atoms with Crippen LogP contribution >= 0.6 is 22.7 Å². The van der Waals surface area contributed by atoms with Crippen LogP contribution in [0.2, 0.25) is 0 Å². The molecule has 2 rings (SSSR count). The largest absolute Gasteiger partial charge is 0.477 e. The summed E-state index contributed by atoms with van der Waals surface area (Å²) < 4.78 is 0. The van der Waals surface area contributed by atoms with Gasteiger partial charge in [0, 0.05) is 11.8 Å². The molecular formula is C15H19N3O3S2. The van der Waals surface area contributed by atoms with E-state index in [2.05, 4.69) is 15.3 Å². The number of nitrogens with one attached hydrogen (secondary N) is 1. The summed E-state index contributed by atoms with van der Waals surface area (Å²) >= 11 is 2.72. The standard InChI is InChI=1S/C15H19N3O3S2/c1-8-13(15(20)21)23-14(17-8)9(2)16-12(19)6-4-5-11-7-22-10(3)18-11/h7,9H,4-6H2,1-3H3,(H,16,19)(H,20,21). The Morgan fingerprint density at radius 1 is 1.35 bits per heavy atom. The number of hydrogen-bond acceptors (Lipinski definition) is 6. The van der Waals surface area contributed by atoms with Crippen LogP contribution in [0.5, 0.6) is 0 Å². The molecule has 0 aliphatic carbocycles. The molecule has 8 heteroatoms. The van der Waals surface area contributed by atoms with Gasteiger partial charge in [-0.3, -0.25) is 4.79 Å². The predicted octanol–water partition coefficient (Wildman–Crippen LogP) is 3.11. The number of aromatic nitrogens is 2. The van der Waals surface area contributed by atoms with Crippen molar-refractivity contribution in [3.05, 3.63) is 31.7 Å². The van der Waals surface area contributed by atoms with E-state index in [0.29, 0.717) is 17.1 Å². The molecule has 0 aromatic carbocycles. The zero-order chi connectivity index (χ0) is 17.0. The molecule has 2 aromatic rings. The van der Waals surface area contributed by atoms with Crippen molar-refractivity contribution in [3.63, 3.8) is 0 Å². The van der Waals surface area contributed by atoms with Crippen LogP contribution in [0.1, 0.15) is 56.9 Å². The van der Waals surface area contributed by atoms with E-state index in [-0.39, 0.29) is 16.8 Å². The van der Waals surface area contributed by atoms with Gasteiger partial charge in [-0.25, -0.2) is 14.8 Å². The Hall–Kier alpha value is -1.80. The van der Waals surface area contributed by atoms with Crippen LogP contribution in [-0.4, -0.2) is 27.0 Å². The van der Waals surface area contributed by atoms with Crippen molar-refractivity contribution in [1.29, 1.82) is 0 Å². The number of carbonyl (C=O) groups is 2. The molecule has 2 N–H and O–H groups in total. The van der Waals surface area contributed by atoms with Crippen molar-refractivity contribution in [1.82, 2.24) is 15.3 Å². The highest BCUT2D eigenvalue weighted by atomic mass is 32.1. The van der Waals surface area contributed by atoms with Crippen LogP contribution in [-0.2, 0) is 11.2 Å². The van der Waals surface area contributed by atoms with Crippen molar-refractivity contribution in [3.8, 4) is 0 Å². The summed E-state index contributed by atoms with van der Waals surface area (Å²) in [5.41, 5.74) is 1.51. The third-order valence-corrected chi connectivity index (χ3v) is 5.41. The van der Waals surface area contributed by atoms with Gasteiger partial charge in [0.15, 0.2) is 0 Å². The van der Waals surface area contributed by atoms with E-state index in [9.17, 15) is 9.59 Å². The SMILES string of the molecule is Cc1nc(CCCC(=O)NC(C)c2nc(C)c(C(=O)O)s2)cs1. The van der Waals surface area contributed by atoms with Crippen LogP contribution in [0, 0.1) is 13.8 Å². The summed E-state index contributed by atoms with van der Waals surface area (Å²) in [6.07, 6.45) is 1.93. The zero-order valence-corrected chi connectivity index (χ0v) is 14.9. The summed E-state index contributed by atoms with van der Waals surface area (Å²) in [4.78, 5) is 31.8. The molecular weight excluding hydrogens is 334 g/mol. The minimum absolute atomic E-state index is 0.0609. The lowest BCUT2D eigenvalue weighted by Crippen LogP contribution is -2.26. The maximum atomic E-state index is 12.0. The summed E-state index contributed by atoms with van der Waals surface area (Å²) in [6, 6.07) is -0.291. The minimum atomic E-state index is -0.983. The molecule has 0 spiro atoms. The topological polar surface area (TPSA) is 92.2 Å². The first-order valence-corrected chi connectivity index (χ1v) is 8.97. The van der Waals surface area contributed by atoms with E-state index in [0.717, 1.165) is 34.9 Å². The van der Waals surface area contributed by atoms with Gasteiger partial charge in [-0.15, -0.1) is 22.7 Å². The molecule has 2 aromatic heterocycles. The third-order valence-electron chi connectivity index (χ3n) is 3.26. The van der Waals surface area contributed by atoms with Gasteiger partial charge < -0.3 is 10.4 Å². The van der Waals surface area contributed by atoms with E-state index in [1.54, 1.807) is 18.3 Å². The highest BCUT2D eigenvalue weighted by Crippen LogP contribution is 2.23. The number of carboxylic acids is 1. The highest BCUT2D eigenvalue weighted by Gasteiger charge is 2.19. The molecule has 1 unspecified atom stereocenters. The number of amides is 1. The van der Waals surface area contributed by atoms with Crippen LogP contribution in [0.4, 0.5) is 0 Å². The van der Waals surface area contributed by atoms with Gasteiger partial charge in [0.05, 0.1) is 22.4 Å². The van der Waals surface area contributed by atoms with Gasteiger partial charge in [0.2, 0.25) is 5.91 Å². The summed E-state index contributed by atoms with van der Waals surface area (Å²) in [7, 11) is 0. The second-order valence-electron chi connectivity index (χ2n) is 5.27. The average molecular weight is 353 g/mol. The number of nitrogens with zero attached hydrogens (tertiary/aromatic N) is 2. The minimum Gasteiger partial charge on any atom is -0.477 e. The molecule has 0 aliphatic heterocycles. The summed E-state index contributed by atoms with van der Waals surface area (Å²) in [5.74, 6) is -1.04. The second-order valence-corrected chi connectivity index (χ2v) is 7.37. The van der Waals surface area contributed by atoms with Crippen LogP contribution in [0.3, 0.4) is 0 Å². The van der Waals surface area contributed by atoms with Crippen molar-refractivity contribution >= 4 is 34.6 Å². The fourth-order valence-corrected chi connectivity index (χ4v) is 3.68. The lowest BCUT2D eigenvalue weighted by molar-refractivity contribution is -0.121. The van der Waals surface area contributed by atoms with Gasteiger partial charge in [-0.2, -0.15) is 0 Å². The first-order valence-electron chi connectivity index (χ1n) is 7.27. The molecule has 0 fully saturated rings. The maximum absolute atomic E-state index is 12.0. The smallest absolute Gasteiger partial charge is 0.347 e. The number of carbonyl (C=O) groups excluding carboxylic acids is 1. The molecule has 0 saturated carbocycles. The predicted molar refractivity (Wildman–Crippen MR) is 90.2 cm³/mol. The van der Waals surface area contributed by atoms with Gasteiger partial charge in [0.25, 0.3) is 0 Å². The maximum Gasteiger partial charge on any atom is 0.347 e. The van der Waals surface area contributed by atoms with Crippen molar-refractivity contribution in [2.45, 2.75) is 46.1 Å². The van der Waals surface area contributed by atoms with Crippen molar-refractivity contribution < 1.29 is 14.7 Å². The fourth-order valence-electron chi connectivity index (χ4n) is 2.13. The molecule has 23 heavy (non-hydrogen) atoms. The molecule has 2 heterocycles. The first-order chi connectivity index (χ1) is 10.9. The molecule has 0 bridgehead atoms. The Kier molecular flexibility index (Phi) is 5.84. The first kappa shape index (κ1) is 17.6. The number of aromatic carboxylic acids is 1. The Labute approximate surface area is 142 Å². The quantitative estimate of drug-likeness (QED) is 0.798. The van der Waals surface area contributed by atoms with Crippen molar-refractivity contribution in [2.24, 2.45) is 0 Å².